The normalized spacial score (nSPS) is 14.8. The van der Waals surface area contributed by atoms with Crippen molar-refractivity contribution in [3.63, 3.8) is 0 Å². The number of anilines is 3. The van der Waals surface area contributed by atoms with E-state index in [9.17, 15) is 13.6 Å². The van der Waals surface area contributed by atoms with E-state index < -0.39 is 11.6 Å². The molecule has 1 aromatic carbocycles. The molecule has 0 radical (unpaired) electrons. The first kappa shape index (κ1) is 17.1. The topological polar surface area (TPSA) is 66.0 Å². The lowest BCUT2D eigenvalue weighted by Gasteiger charge is -2.22. The number of nitrogens with zero attached hydrogens (tertiary/aromatic N) is 1. The summed E-state index contributed by atoms with van der Waals surface area (Å²) in [7, 11) is 0. The molecule has 0 saturated heterocycles. The van der Waals surface area contributed by atoms with Crippen molar-refractivity contribution in [2.45, 2.75) is 38.1 Å². The van der Waals surface area contributed by atoms with Crippen LogP contribution in [0.4, 0.5) is 30.8 Å². The minimum atomic E-state index is -0.698. The molecule has 5 nitrogen and oxygen atoms in total. The van der Waals surface area contributed by atoms with Gasteiger partial charge in [-0.1, -0.05) is 19.3 Å². The number of hydrogen-bond donors (Lipinski definition) is 3. The number of hydrogen-bond acceptors (Lipinski definition) is 3. The number of aromatic nitrogens is 1. The fraction of sp³-hybridized carbons (Fsp3) is 0.333. The maximum Gasteiger partial charge on any atom is 0.319 e. The predicted molar refractivity (Wildman–Crippen MR) is 92.9 cm³/mol. The molecular formula is C18H20F2N4O. The van der Waals surface area contributed by atoms with Crippen LogP contribution < -0.4 is 16.0 Å². The Kier molecular flexibility index (Phi) is 5.42. The lowest BCUT2D eigenvalue weighted by molar-refractivity contribution is 0.244. The van der Waals surface area contributed by atoms with Crippen LogP contribution in [0.3, 0.4) is 0 Å². The van der Waals surface area contributed by atoms with Crippen molar-refractivity contribution in [3.05, 3.63) is 48.2 Å². The van der Waals surface area contributed by atoms with Crippen LogP contribution in [0.5, 0.6) is 0 Å². The summed E-state index contributed by atoms with van der Waals surface area (Å²) < 4.78 is 26.5. The van der Waals surface area contributed by atoms with Gasteiger partial charge in [0.05, 0.1) is 17.6 Å². The Bertz CT molecular complexity index is 730. The van der Waals surface area contributed by atoms with Crippen LogP contribution in [0.1, 0.15) is 32.1 Å². The molecule has 1 aliphatic carbocycles. The Morgan fingerprint density at radius 1 is 1.08 bits per heavy atom. The van der Waals surface area contributed by atoms with E-state index in [-0.39, 0.29) is 17.8 Å². The van der Waals surface area contributed by atoms with Crippen molar-refractivity contribution in [1.29, 1.82) is 0 Å². The van der Waals surface area contributed by atoms with Crippen LogP contribution in [0.15, 0.2) is 36.5 Å². The van der Waals surface area contributed by atoms with Crippen LogP contribution in [0.25, 0.3) is 0 Å². The average molecular weight is 346 g/mol. The van der Waals surface area contributed by atoms with E-state index in [2.05, 4.69) is 20.9 Å². The molecule has 0 bridgehead atoms. The Morgan fingerprint density at radius 3 is 2.56 bits per heavy atom. The van der Waals surface area contributed by atoms with Gasteiger partial charge < -0.3 is 16.0 Å². The first-order valence-corrected chi connectivity index (χ1v) is 8.36. The quantitative estimate of drug-likeness (QED) is 0.760. The molecule has 0 spiro atoms. The van der Waals surface area contributed by atoms with Gasteiger partial charge in [-0.3, -0.25) is 0 Å². The number of amides is 2. The van der Waals surface area contributed by atoms with Crippen LogP contribution in [0.2, 0.25) is 0 Å². The van der Waals surface area contributed by atoms with Gasteiger partial charge in [0.1, 0.15) is 17.5 Å². The molecule has 1 aliphatic rings. The summed E-state index contributed by atoms with van der Waals surface area (Å²) in [4.78, 5) is 16.1. The summed E-state index contributed by atoms with van der Waals surface area (Å²) in [6.07, 6.45) is 7.02. The fourth-order valence-corrected chi connectivity index (χ4v) is 2.87. The smallest absolute Gasteiger partial charge is 0.319 e. The number of nitrogens with one attached hydrogen (secondary N) is 3. The zero-order chi connectivity index (χ0) is 17.6. The summed E-state index contributed by atoms with van der Waals surface area (Å²) in [5.74, 6) is -0.945. The second-order valence-corrected chi connectivity index (χ2v) is 6.11. The van der Waals surface area contributed by atoms with Crippen LogP contribution in [0, 0.1) is 11.6 Å². The van der Waals surface area contributed by atoms with Crippen molar-refractivity contribution in [1.82, 2.24) is 10.3 Å². The molecule has 0 aliphatic heterocycles. The van der Waals surface area contributed by atoms with E-state index in [1.165, 1.54) is 18.7 Å². The van der Waals surface area contributed by atoms with E-state index in [1.807, 2.05) is 0 Å². The van der Waals surface area contributed by atoms with Gasteiger partial charge in [0, 0.05) is 12.1 Å². The van der Waals surface area contributed by atoms with Crippen LogP contribution in [-0.2, 0) is 0 Å². The predicted octanol–water partition coefficient (Wildman–Crippen LogP) is 4.56. The third-order valence-electron chi connectivity index (χ3n) is 4.16. The van der Waals surface area contributed by atoms with Crippen LogP contribution >= 0.6 is 0 Å². The Hall–Kier alpha value is -2.70. The molecule has 7 heteroatoms. The molecule has 2 aromatic rings. The van der Waals surface area contributed by atoms with Gasteiger partial charge in [-0.2, -0.15) is 0 Å². The number of urea groups is 1. The molecule has 1 saturated carbocycles. The summed E-state index contributed by atoms with van der Waals surface area (Å²) in [5.41, 5.74) is 0.670. The molecule has 3 N–H and O–H groups in total. The number of benzene rings is 1. The minimum absolute atomic E-state index is 0.129. The second-order valence-electron chi connectivity index (χ2n) is 6.11. The first-order valence-electron chi connectivity index (χ1n) is 8.36. The Morgan fingerprint density at radius 2 is 1.88 bits per heavy atom. The molecule has 0 unspecified atom stereocenters. The van der Waals surface area contributed by atoms with Gasteiger partial charge >= 0.3 is 6.03 Å². The highest BCUT2D eigenvalue weighted by molar-refractivity contribution is 5.89. The average Bonchev–Trinajstić information content (AvgIpc) is 2.60. The van der Waals surface area contributed by atoms with Gasteiger partial charge in [-0.15, -0.1) is 0 Å². The zero-order valence-electron chi connectivity index (χ0n) is 13.7. The molecule has 132 valence electrons. The molecule has 0 atom stereocenters. The molecule has 2 amide bonds. The van der Waals surface area contributed by atoms with Crippen LogP contribution in [-0.4, -0.2) is 17.1 Å². The minimum Gasteiger partial charge on any atom is -0.338 e. The summed E-state index contributed by atoms with van der Waals surface area (Å²) in [6.45, 7) is 0. The Labute approximate surface area is 144 Å². The molecular weight excluding hydrogens is 326 g/mol. The fourth-order valence-electron chi connectivity index (χ4n) is 2.87. The lowest BCUT2D eigenvalue weighted by Crippen LogP contribution is -2.39. The van der Waals surface area contributed by atoms with Gasteiger partial charge in [-0.25, -0.2) is 18.6 Å². The number of pyridine rings is 1. The van der Waals surface area contributed by atoms with Gasteiger partial charge in [0.2, 0.25) is 0 Å². The van der Waals surface area contributed by atoms with E-state index in [4.69, 9.17) is 0 Å². The van der Waals surface area contributed by atoms with E-state index in [0.717, 1.165) is 37.8 Å². The van der Waals surface area contributed by atoms with E-state index in [0.29, 0.717) is 11.5 Å². The van der Waals surface area contributed by atoms with Gasteiger partial charge in [0.25, 0.3) is 0 Å². The number of carbonyl (C=O) groups excluding carboxylic acids is 1. The van der Waals surface area contributed by atoms with Crippen molar-refractivity contribution in [2.75, 3.05) is 10.6 Å². The maximum absolute atomic E-state index is 13.6. The molecule has 3 rings (SSSR count). The standard InChI is InChI=1S/C18H20F2N4O/c19-12-6-8-16(15(20)10-12)24-17-9-7-14(11-21-17)23-18(25)22-13-4-2-1-3-5-13/h6-11,13H,1-5H2,(H,21,24)(H2,22,23,25). The number of halogens is 2. The zero-order valence-corrected chi connectivity index (χ0v) is 13.7. The first-order chi connectivity index (χ1) is 12.1. The highest BCUT2D eigenvalue weighted by Crippen LogP contribution is 2.20. The summed E-state index contributed by atoms with van der Waals surface area (Å²) in [6, 6.07) is 6.51. The molecule has 25 heavy (non-hydrogen) atoms. The highest BCUT2D eigenvalue weighted by atomic mass is 19.1. The third kappa shape index (κ3) is 4.89. The monoisotopic (exact) mass is 346 g/mol. The largest absolute Gasteiger partial charge is 0.338 e. The van der Waals surface area contributed by atoms with Gasteiger partial charge in [0.15, 0.2) is 0 Å². The maximum atomic E-state index is 13.6. The van der Waals surface area contributed by atoms with Crippen molar-refractivity contribution >= 4 is 23.2 Å². The number of rotatable bonds is 4. The molecule has 1 fully saturated rings. The summed E-state index contributed by atoms with van der Waals surface area (Å²) >= 11 is 0. The third-order valence-corrected chi connectivity index (χ3v) is 4.16. The Balaban J connectivity index is 1.55. The highest BCUT2D eigenvalue weighted by Gasteiger charge is 2.15. The van der Waals surface area contributed by atoms with E-state index >= 15 is 0 Å². The van der Waals surface area contributed by atoms with Crippen molar-refractivity contribution in [2.24, 2.45) is 0 Å². The SMILES string of the molecule is O=C(Nc1ccc(Nc2ccc(F)cc2F)nc1)NC1CCCCC1. The lowest BCUT2D eigenvalue weighted by atomic mass is 9.96. The molecule has 1 aromatic heterocycles. The summed E-state index contributed by atoms with van der Waals surface area (Å²) in [5, 5.41) is 8.46. The van der Waals surface area contributed by atoms with Crippen molar-refractivity contribution < 1.29 is 13.6 Å². The van der Waals surface area contributed by atoms with Crippen molar-refractivity contribution in [3.8, 4) is 0 Å². The number of carbonyl (C=O) groups is 1. The van der Waals surface area contributed by atoms with Gasteiger partial charge in [-0.05, 0) is 37.1 Å². The second kappa shape index (κ2) is 7.92. The molecule has 1 heterocycles. The van der Waals surface area contributed by atoms with E-state index in [1.54, 1.807) is 12.1 Å².